The van der Waals surface area contributed by atoms with Gasteiger partial charge in [-0.25, -0.2) is 4.79 Å². The number of fused-ring (bicyclic) bond motifs is 1. The monoisotopic (exact) mass is 538 g/mol. The van der Waals surface area contributed by atoms with Gasteiger partial charge >= 0.3 is 6.03 Å². The van der Waals surface area contributed by atoms with E-state index < -0.39 is 0 Å². The second-order valence-electron chi connectivity index (χ2n) is 11.3. The Morgan fingerprint density at radius 2 is 1.70 bits per heavy atom. The molecule has 1 aliphatic rings. The minimum absolute atomic E-state index is 0.0416. The van der Waals surface area contributed by atoms with E-state index in [0.29, 0.717) is 6.61 Å². The van der Waals surface area contributed by atoms with Gasteiger partial charge in [0.1, 0.15) is 0 Å². The van der Waals surface area contributed by atoms with E-state index in [-0.39, 0.29) is 11.4 Å². The Balaban J connectivity index is 1.36. The Kier molecular flexibility index (Phi) is 8.45. The molecule has 4 aromatic rings. The van der Waals surface area contributed by atoms with Crippen molar-refractivity contribution in [2.45, 2.75) is 39.3 Å². The Morgan fingerprint density at radius 1 is 0.950 bits per heavy atom. The second-order valence-corrected chi connectivity index (χ2v) is 11.3. The van der Waals surface area contributed by atoms with Gasteiger partial charge in [-0.3, -0.25) is 9.88 Å². The summed E-state index contributed by atoms with van der Waals surface area (Å²) in [6, 6.07) is 22.2. The second kappa shape index (κ2) is 12.2. The first-order valence-corrected chi connectivity index (χ1v) is 13.8. The van der Waals surface area contributed by atoms with Gasteiger partial charge in [0, 0.05) is 55.1 Å². The number of carbonyl (C=O) groups is 1. The van der Waals surface area contributed by atoms with E-state index in [9.17, 15) is 4.79 Å². The minimum Gasteiger partial charge on any atom is -0.380 e. The summed E-state index contributed by atoms with van der Waals surface area (Å²) >= 11 is 0. The van der Waals surface area contributed by atoms with Crippen molar-refractivity contribution in [2.75, 3.05) is 44.0 Å². The van der Waals surface area contributed by atoms with Crippen molar-refractivity contribution >= 4 is 28.2 Å². The molecule has 1 fully saturated rings. The van der Waals surface area contributed by atoms with E-state index in [1.165, 1.54) is 0 Å². The fraction of sp³-hybridized carbons (Fsp3) is 0.333. The third-order valence-corrected chi connectivity index (χ3v) is 7.32. The lowest BCUT2D eigenvalue weighted by atomic mass is 9.86. The van der Waals surface area contributed by atoms with Crippen LogP contribution in [0.3, 0.4) is 0 Å². The van der Waals surface area contributed by atoms with Crippen LogP contribution in [0.4, 0.5) is 16.2 Å². The lowest BCUT2D eigenvalue weighted by Crippen LogP contribution is -2.35. The van der Waals surface area contributed by atoms with Crippen LogP contribution >= 0.6 is 0 Å². The lowest BCUT2D eigenvalue weighted by molar-refractivity contribution is 0.0336. The number of carbonyl (C=O) groups excluding carboxylic acids is 1. The van der Waals surface area contributed by atoms with Gasteiger partial charge in [0.25, 0.3) is 0 Å². The minimum atomic E-state index is -0.296. The highest BCUT2D eigenvalue weighted by Crippen LogP contribution is 2.34. The van der Waals surface area contributed by atoms with Crippen LogP contribution in [0.5, 0.6) is 0 Å². The number of hydrogen-bond donors (Lipinski definition) is 2. The highest BCUT2D eigenvalue weighted by atomic mass is 16.5. The van der Waals surface area contributed by atoms with Gasteiger partial charge in [0.15, 0.2) is 0 Å². The molecular formula is C33H38N4O3. The summed E-state index contributed by atoms with van der Waals surface area (Å²) in [5, 5.41) is 8.15. The fourth-order valence-electron chi connectivity index (χ4n) is 5.04. The molecule has 0 bridgehead atoms. The fourth-order valence-corrected chi connectivity index (χ4v) is 5.04. The Labute approximate surface area is 236 Å². The third-order valence-electron chi connectivity index (χ3n) is 7.32. The molecule has 0 unspecified atom stereocenters. The van der Waals surface area contributed by atoms with Crippen LogP contribution < -0.4 is 10.6 Å². The molecular weight excluding hydrogens is 500 g/mol. The molecule has 3 aromatic carbocycles. The largest absolute Gasteiger partial charge is 0.380 e. The van der Waals surface area contributed by atoms with Crippen molar-refractivity contribution < 1.29 is 14.3 Å². The van der Waals surface area contributed by atoms with Crippen LogP contribution in [0, 0.1) is 0 Å². The maximum absolute atomic E-state index is 13.2. The Bertz CT molecular complexity index is 1470. The van der Waals surface area contributed by atoms with E-state index in [1.807, 2.05) is 48.7 Å². The molecule has 0 atom stereocenters. The number of nitrogens with one attached hydrogen (secondary N) is 2. The third kappa shape index (κ3) is 6.50. The first-order valence-electron chi connectivity index (χ1n) is 13.8. The smallest absolute Gasteiger partial charge is 0.323 e. The van der Waals surface area contributed by atoms with Crippen LogP contribution in [0.2, 0.25) is 0 Å². The number of hydrogen-bond acceptors (Lipinski definition) is 5. The first-order chi connectivity index (χ1) is 19.3. The normalized spacial score (nSPS) is 14.3. The number of morpholine rings is 1. The van der Waals surface area contributed by atoms with Crippen LogP contribution in [-0.2, 0) is 28.0 Å². The molecule has 1 aromatic heterocycles. The molecule has 208 valence electrons. The van der Waals surface area contributed by atoms with Crippen LogP contribution in [0.1, 0.15) is 37.6 Å². The number of nitrogens with zero attached hydrogens (tertiary/aromatic N) is 2. The summed E-state index contributed by atoms with van der Waals surface area (Å²) in [6.07, 6.45) is 1.94. The molecule has 0 aliphatic carbocycles. The predicted molar refractivity (Wildman–Crippen MR) is 162 cm³/mol. The predicted octanol–water partition coefficient (Wildman–Crippen LogP) is 6.82. The number of amides is 2. The van der Waals surface area contributed by atoms with Gasteiger partial charge in [-0.05, 0) is 40.1 Å². The molecule has 0 spiro atoms. The first kappa shape index (κ1) is 27.8. The molecule has 2 heterocycles. The molecule has 1 aliphatic heterocycles. The van der Waals surface area contributed by atoms with E-state index in [2.05, 4.69) is 60.6 Å². The molecule has 7 nitrogen and oxygen atoms in total. The molecule has 0 radical (unpaired) electrons. The highest BCUT2D eigenvalue weighted by molar-refractivity contribution is 6.09. The topological polar surface area (TPSA) is 75.7 Å². The summed E-state index contributed by atoms with van der Waals surface area (Å²) in [6.45, 7) is 11.1. The zero-order chi connectivity index (χ0) is 28.1. The number of ether oxygens (including phenoxy) is 2. The van der Waals surface area contributed by atoms with E-state index in [1.54, 1.807) is 7.11 Å². The maximum atomic E-state index is 13.2. The summed E-state index contributed by atoms with van der Waals surface area (Å²) in [4.78, 5) is 20.3. The highest BCUT2D eigenvalue weighted by Gasteiger charge is 2.18. The summed E-state index contributed by atoms with van der Waals surface area (Å²) in [7, 11) is 1.66. The van der Waals surface area contributed by atoms with Crippen LogP contribution in [0.15, 0.2) is 72.9 Å². The number of benzene rings is 3. The number of rotatable bonds is 7. The van der Waals surface area contributed by atoms with Gasteiger partial charge in [-0.1, -0.05) is 69.3 Å². The quantitative estimate of drug-likeness (QED) is 0.270. The number of pyridine rings is 1. The van der Waals surface area contributed by atoms with Gasteiger partial charge in [-0.2, -0.15) is 0 Å². The van der Waals surface area contributed by atoms with Gasteiger partial charge < -0.3 is 20.1 Å². The van der Waals surface area contributed by atoms with Crippen molar-refractivity contribution in [3.63, 3.8) is 0 Å². The van der Waals surface area contributed by atoms with E-state index in [0.717, 1.165) is 82.9 Å². The lowest BCUT2D eigenvalue weighted by Gasteiger charge is -2.26. The van der Waals surface area contributed by atoms with Crippen LogP contribution in [-0.4, -0.2) is 49.3 Å². The van der Waals surface area contributed by atoms with Crippen molar-refractivity contribution in [1.29, 1.82) is 0 Å². The van der Waals surface area contributed by atoms with Gasteiger partial charge in [-0.15, -0.1) is 0 Å². The summed E-state index contributed by atoms with van der Waals surface area (Å²) in [5.41, 5.74) is 6.68. The number of methoxy groups -OCH3 is 1. The van der Waals surface area contributed by atoms with E-state index >= 15 is 0 Å². The number of anilines is 2. The molecule has 7 heteroatoms. The van der Waals surface area contributed by atoms with Crippen molar-refractivity contribution in [1.82, 2.24) is 9.88 Å². The van der Waals surface area contributed by atoms with Crippen molar-refractivity contribution in [3.8, 4) is 11.1 Å². The Hall–Kier alpha value is -3.78. The molecule has 2 amide bonds. The van der Waals surface area contributed by atoms with Crippen molar-refractivity contribution in [2.24, 2.45) is 0 Å². The zero-order valence-corrected chi connectivity index (χ0v) is 23.8. The van der Waals surface area contributed by atoms with Crippen molar-refractivity contribution in [3.05, 3.63) is 89.7 Å². The average molecular weight is 539 g/mol. The van der Waals surface area contributed by atoms with Gasteiger partial charge in [0.05, 0.1) is 31.2 Å². The molecule has 0 saturated carbocycles. The average Bonchev–Trinajstić information content (AvgIpc) is 2.95. The van der Waals surface area contributed by atoms with Crippen LogP contribution in [0.25, 0.3) is 21.9 Å². The molecule has 5 rings (SSSR count). The number of urea groups is 1. The zero-order valence-electron chi connectivity index (χ0n) is 23.8. The molecule has 1 saturated heterocycles. The maximum Gasteiger partial charge on any atom is 0.323 e. The summed E-state index contributed by atoms with van der Waals surface area (Å²) < 4.78 is 10.8. The number of aromatic nitrogens is 1. The molecule has 2 N–H and O–H groups in total. The molecule has 40 heavy (non-hydrogen) atoms. The standard InChI is InChI=1S/C33H38N4O3/c1-33(2,3)25-11-9-24(22-39-4)31(19-25)36-32(38)35-30-14-13-27(28-7-5-6-8-29(28)30)23-10-12-26(34-20-23)21-37-15-17-40-18-16-37/h5-14,19-20H,15-18,21-22H2,1-4H3,(H2,35,36,38). The van der Waals surface area contributed by atoms with E-state index in [4.69, 9.17) is 14.5 Å². The summed E-state index contributed by atoms with van der Waals surface area (Å²) in [5.74, 6) is 0. The SMILES string of the molecule is COCc1ccc(C(C)(C)C)cc1NC(=O)Nc1ccc(-c2ccc(CN3CCOCC3)nc2)c2ccccc12. The Morgan fingerprint density at radius 3 is 2.40 bits per heavy atom. The van der Waals surface area contributed by atoms with Gasteiger partial charge in [0.2, 0.25) is 0 Å².